The molecule has 49 heavy (non-hydrogen) atoms. The number of hydrogen-bond acceptors (Lipinski definition) is 7. The fourth-order valence-corrected chi connectivity index (χ4v) is 6.66. The number of nitrogens with one attached hydrogen (secondary N) is 2. The predicted molar refractivity (Wildman–Crippen MR) is 190 cm³/mol. The number of methoxy groups -OCH3 is 1. The summed E-state index contributed by atoms with van der Waals surface area (Å²) in [7, 11) is 4.69. The van der Waals surface area contributed by atoms with Crippen LogP contribution in [-0.4, -0.2) is 38.2 Å². The van der Waals surface area contributed by atoms with E-state index in [0.29, 0.717) is 50.6 Å². The van der Waals surface area contributed by atoms with Crippen LogP contribution in [0.4, 0.5) is 11.5 Å². The number of anilines is 2. The number of benzene rings is 2. The molecule has 1 saturated heterocycles. The fourth-order valence-electron chi connectivity index (χ4n) is 6.06. The molecule has 1 unspecified atom stereocenters. The maximum atomic E-state index is 13.1. The SMILES string of the molecule is COc1nc(-c2cccc(-c3cccc(Nc4nc(C)cc5c4c(=O)n(C)c(=O)n5C)c3Cl)c2Cl)cc2c1[CH-]CC2.[CH2-]C1CCC(=O)N1.[Mn+2]. The molecule has 1 aliphatic heterocycles. The molecule has 4 heterocycles. The third-order valence-corrected chi connectivity index (χ3v) is 9.36. The first-order valence-electron chi connectivity index (χ1n) is 15.4. The predicted octanol–water partition coefficient (Wildman–Crippen LogP) is 6.32. The maximum Gasteiger partial charge on any atom is 2.00 e. The van der Waals surface area contributed by atoms with Crippen molar-refractivity contribution in [1.82, 2.24) is 24.4 Å². The van der Waals surface area contributed by atoms with Gasteiger partial charge in [-0.1, -0.05) is 84.9 Å². The monoisotopic (exact) mass is 739 g/mol. The molecule has 2 aromatic carbocycles. The molecule has 3 aromatic heterocycles. The number of halogens is 2. The van der Waals surface area contributed by atoms with Crippen molar-refractivity contribution in [2.24, 2.45) is 14.1 Å². The van der Waals surface area contributed by atoms with Crippen molar-refractivity contribution in [1.29, 1.82) is 0 Å². The zero-order valence-electron chi connectivity index (χ0n) is 27.4. The molecule has 7 rings (SSSR count). The van der Waals surface area contributed by atoms with Crippen LogP contribution in [0.15, 0.2) is 58.1 Å². The van der Waals surface area contributed by atoms with E-state index in [1.54, 1.807) is 33.2 Å². The van der Waals surface area contributed by atoms with Gasteiger partial charge in [-0.3, -0.25) is 23.7 Å². The first-order chi connectivity index (χ1) is 23.0. The number of hydrogen-bond donors (Lipinski definition) is 2. The first-order valence-corrected chi connectivity index (χ1v) is 16.2. The van der Waals surface area contributed by atoms with Crippen LogP contribution in [0.2, 0.25) is 10.0 Å². The quantitative estimate of drug-likeness (QED) is 0.160. The Bertz CT molecular complexity index is 2220. The standard InChI is InChI=1S/C31H26Cl2N5O3.C5H8NO.Mn/c1-16-14-24-25(30(39)38(3)31(40)37(24)2)28(34-16)35-22-13-7-11-20(27(22)33)19-10-6-12-21(26(19)32)23-15-17-8-5-9-18(17)29(36-23)41-4;1-4-2-3-5(7)6-4;/h6-7,9-15H,5,8H2,1-4H3,(H,34,35);4H,1-3H2,(H,6,7);/q2*-1;+2. The van der Waals surface area contributed by atoms with Crippen LogP contribution in [0.5, 0.6) is 5.88 Å². The van der Waals surface area contributed by atoms with Crippen molar-refractivity contribution in [2.75, 3.05) is 12.4 Å². The Balaban J connectivity index is 0.000000523. The van der Waals surface area contributed by atoms with E-state index in [1.165, 1.54) is 17.2 Å². The molecule has 0 spiro atoms. The largest absolute Gasteiger partial charge is 2.00 e. The number of ether oxygens (including phenoxy) is 1. The Labute approximate surface area is 304 Å². The van der Waals surface area contributed by atoms with Crippen LogP contribution in [-0.2, 0) is 42.4 Å². The summed E-state index contributed by atoms with van der Waals surface area (Å²) in [4.78, 5) is 45.3. The number of rotatable bonds is 5. The van der Waals surface area contributed by atoms with Crippen molar-refractivity contribution in [3.05, 3.63) is 110 Å². The molecule has 2 N–H and O–H groups in total. The Hall–Kier alpha value is -4.28. The summed E-state index contributed by atoms with van der Waals surface area (Å²) in [6.45, 7) is 5.46. The number of carbonyl (C=O) groups excluding carboxylic acids is 1. The van der Waals surface area contributed by atoms with Gasteiger partial charge in [0.15, 0.2) is 0 Å². The van der Waals surface area contributed by atoms with E-state index in [2.05, 4.69) is 35.0 Å². The molecule has 0 saturated carbocycles. The number of nitrogens with zero attached hydrogens (tertiary/aromatic N) is 4. The Kier molecular flexibility index (Phi) is 10.8. The van der Waals surface area contributed by atoms with Crippen molar-refractivity contribution in [3.8, 4) is 28.3 Å². The van der Waals surface area contributed by atoms with Gasteiger partial charge in [0.25, 0.3) is 5.56 Å². The van der Waals surface area contributed by atoms with E-state index >= 15 is 0 Å². The Morgan fingerprint density at radius 1 is 0.980 bits per heavy atom. The van der Waals surface area contributed by atoms with Gasteiger partial charge >= 0.3 is 22.8 Å². The zero-order valence-corrected chi connectivity index (χ0v) is 30.1. The van der Waals surface area contributed by atoms with Gasteiger partial charge in [0.1, 0.15) is 17.1 Å². The normalized spacial score (nSPS) is 14.7. The molecule has 253 valence electrons. The van der Waals surface area contributed by atoms with Crippen molar-refractivity contribution in [3.63, 3.8) is 0 Å². The van der Waals surface area contributed by atoms with Gasteiger partial charge in [-0.25, -0.2) is 9.78 Å². The molecule has 10 nitrogen and oxygen atoms in total. The average Bonchev–Trinajstić information content (AvgIpc) is 3.71. The van der Waals surface area contributed by atoms with Crippen LogP contribution in [0.3, 0.4) is 0 Å². The molecule has 1 fully saturated rings. The fraction of sp³-hybridized carbons (Fsp3) is 0.250. The molecule has 1 amide bonds. The summed E-state index contributed by atoms with van der Waals surface area (Å²) in [6.07, 6.45) is 5.58. The number of fused-ring (bicyclic) bond motifs is 2. The summed E-state index contributed by atoms with van der Waals surface area (Å²) < 4.78 is 8.06. The van der Waals surface area contributed by atoms with Crippen LogP contribution in [0.1, 0.15) is 36.1 Å². The molecule has 13 heteroatoms. The minimum Gasteiger partial charge on any atom is -0.537 e. The second-order valence-corrected chi connectivity index (χ2v) is 12.6. The first kappa shape index (κ1) is 36.0. The molecule has 2 aliphatic rings. The van der Waals surface area contributed by atoms with Crippen LogP contribution < -0.4 is 26.6 Å². The van der Waals surface area contributed by atoms with Gasteiger partial charge in [-0.15, -0.1) is 11.1 Å². The number of aromatic nitrogens is 4. The second-order valence-electron chi connectivity index (χ2n) is 11.8. The van der Waals surface area contributed by atoms with Crippen molar-refractivity contribution < 1.29 is 26.6 Å². The molecular formula is C36H34Cl2MnN6O4. The van der Waals surface area contributed by atoms with Crippen LogP contribution in [0, 0.1) is 20.3 Å². The average molecular weight is 741 g/mol. The van der Waals surface area contributed by atoms with E-state index < -0.39 is 11.2 Å². The minimum absolute atomic E-state index is 0. The summed E-state index contributed by atoms with van der Waals surface area (Å²) in [5, 5.41) is 7.10. The minimum atomic E-state index is -0.448. The number of aryl methyl sites for hydroxylation is 3. The van der Waals surface area contributed by atoms with E-state index in [0.717, 1.165) is 46.2 Å². The van der Waals surface area contributed by atoms with E-state index in [4.69, 9.17) is 32.9 Å². The van der Waals surface area contributed by atoms with Crippen molar-refractivity contribution in [2.45, 2.75) is 38.6 Å². The molecule has 1 aliphatic carbocycles. The molecule has 5 aromatic rings. The summed E-state index contributed by atoms with van der Waals surface area (Å²) in [5.74, 6) is 1.03. The number of amides is 1. The maximum absolute atomic E-state index is 13.1. The van der Waals surface area contributed by atoms with Gasteiger partial charge in [-0.2, -0.15) is 6.42 Å². The van der Waals surface area contributed by atoms with E-state index in [1.807, 2.05) is 30.3 Å². The second kappa shape index (κ2) is 14.7. The van der Waals surface area contributed by atoms with Gasteiger partial charge in [0.2, 0.25) is 5.91 Å². The molecule has 1 radical (unpaired) electrons. The number of carbonyl (C=O) groups is 1. The molecular weight excluding hydrogens is 706 g/mol. The number of pyridine rings is 2. The smallest absolute Gasteiger partial charge is 0.537 e. The topological polar surface area (TPSA) is 120 Å². The summed E-state index contributed by atoms with van der Waals surface area (Å²) >= 11 is 14.0. The summed E-state index contributed by atoms with van der Waals surface area (Å²) in [6, 6.07) is 15.2. The third kappa shape index (κ3) is 6.94. The van der Waals surface area contributed by atoms with Gasteiger partial charge < -0.3 is 22.3 Å². The van der Waals surface area contributed by atoms with Crippen LogP contribution in [0.25, 0.3) is 33.3 Å². The Morgan fingerprint density at radius 2 is 1.67 bits per heavy atom. The van der Waals surface area contributed by atoms with Crippen molar-refractivity contribution >= 4 is 51.5 Å². The summed E-state index contributed by atoms with van der Waals surface area (Å²) in [5.41, 5.74) is 5.93. The zero-order chi connectivity index (χ0) is 34.3. The van der Waals surface area contributed by atoms with Gasteiger partial charge in [-0.05, 0) is 19.1 Å². The Morgan fingerprint density at radius 3 is 2.33 bits per heavy atom. The van der Waals surface area contributed by atoms with E-state index in [-0.39, 0.29) is 34.4 Å². The third-order valence-electron chi connectivity index (χ3n) is 8.55. The molecule has 0 bridgehead atoms. The van der Waals surface area contributed by atoms with Gasteiger partial charge in [0, 0.05) is 48.6 Å². The van der Waals surface area contributed by atoms with E-state index in [9.17, 15) is 14.4 Å². The van der Waals surface area contributed by atoms with Gasteiger partial charge in [0.05, 0.1) is 28.4 Å². The van der Waals surface area contributed by atoms with Crippen LogP contribution >= 0.6 is 23.2 Å². The molecule has 1 atom stereocenters.